The Morgan fingerprint density at radius 1 is 1.40 bits per heavy atom. The minimum atomic E-state index is -0.870. The molecule has 108 valence electrons. The van der Waals surface area contributed by atoms with Crippen LogP contribution in [-0.4, -0.2) is 36.0 Å². The van der Waals surface area contributed by atoms with Crippen LogP contribution in [0.4, 0.5) is 4.79 Å². The molecule has 1 saturated heterocycles. The van der Waals surface area contributed by atoms with Crippen molar-refractivity contribution in [1.82, 2.24) is 10.2 Å². The molecule has 1 aliphatic heterocycles. The van der Waals surface area contributed by atoms with Crippen molar-refractivity contribution in [3.63, 3.8) is 0 Å². The highest BCUT2D eigenvalue weighted by atomic mass is 16.5. The first-order valence-corrected chi connectivity index (χ1v) is 6.39. The number of methoxy groups -OCH3 is 1. The fourth-order valence-electron chi connectivity index (χ4n) is 2.16. The van der Waals surface area contributed by atoms with E-state index in [4.69, 9.17) is 10.5 Å². The standard InChI is InChI=1S/C14H19N3O3/c1-14(2)12(18)17(13(19)16-14)8-11(15)9-5-4-6-10(7-9)20-3/h4-7,11H,8,15H2,1-3H3,(H,16,19). The third kappa shape index (κ3) is 2.60. The van der Waals surface area contributed by atoms with Gasteiger partial charge in [0.15, 0.2) is 0 Å². The Balaban J connectivity index is 2.13. The van der Waals surface area contributed by atoms with Crippen LogP contribution in [-0.2, 0) is 4.79 Å². The molecule has 2 rings (SSSR count). The molecule has 6 heteroatoms. The van der Waals surface area contributed by atoms with E-state index in [1.807, 2.05) is 18.2 Å². The number of nitrogens with one attached hydrogen (secondary N) is 1. The first-order chi connectivity index (χ1) is 9.35. The van der Waals surface area contributed by atoms with Gasteiger partial charge in [0.05, 0.1) is 7.11 Å². The summed E-state index contributed by atoms with van der Waals surface area (Å²) in [5.74, 6) is 0.427. The van der Waals surface area contributed by atoms with E-state index in [0.717, 1.165) is 10.5 Å². The average Bonchev–Trinajstić information content (AvgIpc) is 2.61. The maximum absolute atomic E-state index is 12.1. The summed E-state index contributed by atoms with van der Waals surface area (Å²) >= 11 is 0. The molecule has 0 aliphatic carbocycles. The summed E-state index contributed by atoms with van der Waals surface area (Å²) in [6.07, 6.45) is 0. The van der Waals surface area contributed by atoms with E-state index in [-0.39, 0.29) is 12.5 Å². The number of carbonyl (C=O) groups is 2. The predicted octanol–water partition coefficient (Wildman–Crippen LogP) is 1.03. The Kier molecular flexibility index (Phi) is 3.67. The minimum Gasteiger partial charge on any atom is -0.497 e. The van der Waals surface area contributed by atoms with Crippen molar-refractivity contribution in [3.8, 4) is 5.75 Å². The van der Waals surface area contributed by atoms with Gasteiger partial charge in [0.1, 0.15) is 11.3 Å². The molecule has 1 aromatic carbocycles. The molecular formula is C14H19N3O3. The molecule has 20 heavy (non-hydrogen) atoms. The summed E-state index contributed by atoms with van der Waals surface area (Å²) in [7, 11) is 1.57. The third-order valence-electron chi connectivity index (χ3n) is 3.35. The Hall–Kier alpha value is -2.08. The van der Waals surface area contributed by atoms with E-state index >= 15 is 0 Å². The van der Waals surface area contributed by atoms with Crippen LogP contribution >= 0.6 is 0 Å². The molecule has 1 atom stereocenters. The molecule has 1 heterocycles. The van der Waals surface area contributed by atoms with Gasteiger partial charge in [-0.25, -0.2) is 4.79 Å². The highest BCUT2D eigenvalue weighted by Crippen LogP contribution is 2.22. The van der Waals surface area contributed by atoms with Crippen LogP contribution in [0.5, 0.6) is 5.75 Å². The number of ether oxygens (including phenoxy) is 1. The summed E-state index contributed by atoms with van der Waals surface area (Å²) < 4.78 is 5.13. The van der Waals surface area contributed by atoms with Crippen LogP contribution in [0.1, 0.15) is 25.5 Å². The molecule has 0 bridgehead atoms. The summed E-state index contributed by atoms with van der Waals surface area (Å²) in [5, 5.41) is 2.63. The van der Waals surface area contributed by atoms with Crippen molar-refractivity contribution in [2.45, 2.75) is 25.4 Å². The number of hydrogen-bond donors (Lipinski definition) is 2. The van der Waals surface area contributed by atoms with Gasteiger partial charge in [-0.05, 0) is 31.5 Å². The summed E-state index contributed by atoms with van der Waals surface area (Å²) in [6.45, 7) is 3.48. The zero-order valence-electron chi connectivity index (χ0n) is 11.8. The molecular weight excluding hydrogens is 258 g/mol. The molecule has 1 unspecified atom stereocenters. The number of urea groups is 1. The van der Waals surface area contributed by atoms with E-state index in [9.17, 15) is 9.59 Å². The van der Waals surface area contributed by atoms with Crippen molar-refractivity contribution in [2.24, 2.45) is 5.73 Å². The quantitative estimate of drug-likeness (QED) is 0.805. The molecule has 1 aliphatic rings. The van der Waals surface area contributed by atoms with E-state index in [0.29, 0.717) is 5.75 Å². The van der Waals surface area contributed by atoms with Gasteiger partial charge in [0, 0.05) is 12.6 Å². The van der Waals surface area contributed by atoms with Crippen LogP contribution in [0, 0.1) is 0 Å². The number of nitrogens with zero attached hydrogens (tertiary/aromatic N) is 1. The van der Waals surface area contributed by atoms with E-state index in [2.05, 4.69) is 5.32 Å². The SMILES string of the molecule is COc1cccc(C(N)CN2C(=O)NC(C)(C)C2=O)c1. The van der Waals surface area contributed by atoms with Crippen molar-refractivity contribution >= 4 is 11.9 Å². The molecule has 1 aromatic rings. The molecule has 1 fully saturated rings. The van der Waals surface area contributed by atoms with Gasteiger partial charge in [-0.3, -0.25) is 9.69 Å². The van der Waals surface area contributed by atoms with E-state index < -0.39 is 17.6 Å². The lowest BCUT2D eigenvalue weighted by molar-refractivity contribution is -0.130. The first kappa shape index (κ1) is 14.3. The molecule has 0 radical (unpaired) electrons. The topological polar surface area (TPSA) is 84.7 Å². The van der Waals surface area contributed by atoms with Crippen LogP contribution in [0.2, 0.25) is 0 Å². The number of benzene rings is 1. The van der Waals surface area contributed by atoms with Crippen molar-refractivity contribution in [2.75, 3.05) is 13.7 Å². The Labute approximate surface area is 117 Å². The van der Waals surface area contributed by atoms with E-state index in [1.54, 1.807) is 27.0 Å². The lowest BCUT2D eigenvalue weighted by atomic mass is 10.0. The molecule has 0 saturated carbocycles. The second-order valence-electron chi connectivity index (χ2n) is 5.35. The number of imide groups is 1. The lowest BCUT2D eigenvalue weighted by Gasteiger charge is -2.20. The van der Waals surface area contributed by atoms with Gasteiger partial charge in [-0.1, -0.05) is 12.1 Å². The normalized spacial score (nSPS) is 18.9. The van der Waals surface area contributed by atoms with Crippen molar-refractivity contribution in [3.05, 3.63) is 29.8 Å². The van der Waals surface area contributed by atoms with Gasteiger partial charge in [0.25, 0.3) is 5.91 Å². The number of carbonyl (C=O) groups excluding carboxylic acids is 2. The van der Waals surface area contributed by atoms with Crippen LogP contribution in [0.25, 0.3) is 0 Å². The van der Waals surface area contributed by atoms with Crippen molar-refractivity contribution in [1.29, 1.82) is 0 Å². The number of hydrogen-bond acceptors (Lipinski definition) is 4. The van der Waals surface area contributed by atoms with Gasteiger partial charge in [0.2, 0.25) is 0 Å². The third-order valence-corrected chi connectivity index (χ3v) is 3.35. The molecule has 0 spiro atoms. The molecule has 3 amide bonds. The summed E-state index contributed by atoms with van der Waals surface area (Å²) in [4.78, 5) is 25.1. The largest absolute Gasteiger partial charge is 0.497 e. The smallest absolute Gasteiger partial charge is 0.325 e. The monoisotopic (exact) mass is 277 g/mol. The van der Waals surface area contributed by atoms with Gasteiger partial charge >= 0.3 is 6.03 Å². The zero-order chi connectivity index (χ0) is 14.9. The molecule has 6 nitrogen and oxygen atoms in total. The molecule has 3 N–H and O–H groups in total. The highest BCUT2D eigenvalue weighted by Gasteiger charge is 2.44. The van der Waals surface area contributed by atoms with Gasteiger partial charge in [-0.2, -0.15) is 0 Å². The van der Waals surface area contributed by atoms with E-state index in [1.165, 1.54) is 0 Å². The zero-order valence-corrected chi connectivity index (χ0v) is 11.8. The Morgan fingerprint density at radius 3 is 2.65 bits per heavy atom. The summed E-state index contributed by atoms with van der Waals surface area (Å²) in [6, 6.07) is 6.43. The number of nitrogens with two attached hydrogens (primary N) is 1. The first-order valence-electron chi connectivity index (χ1n) is 6.39. The predicted molar refractivity (Wildman–Crippen MR) is 74.2 cm³/mol. The highest BCUT2D eigenvalue weighted by molar-refractivity contribution is 6.06. The van der Waals surface area contributed by atoms with Crippen LogP contribution in [0.3, 0.4) is 0 Å². The van der Waals surface area contributed by atoms with Gasteiger partial charge < -0.3 is 15.8 Å². The maximum atomic E-state index is 12.1. The second-order valence-corrected chi connectivity index (χ2v) is 5.35. The Bertz CT molecular complexity index is 542. The average molecular weight is 277 g/mol. The fourth-order valence-corrected chi connectivity index (χ4v) is 2.16. The molecule has 0 aromatic heterocycles. The number of rotatable bonds is 4. The lowest BCUT2D eigenvalue weighted by Crippen LogP contribution is -2.41. The fraction of sp³-hybridized carbons (Fsp3) is 0.429. The van der Waals surface area contributed by atoms with Gasteiger partial charge in [-0.15, -0.1) is 0 Å². The maximum Gasteiger partial charge on any atom is 0.325 e. The second kappa shape index (κ2) is 5.13. The number of amides is 3. The van der Waals surface area contributed by atoms with Crippen LogP contribution < -0.4 is 15.8 Å². The summed E-state index contributed by atoms with van der Waals surface area (Å²) in [5.41, 5.74) is 6.03. The van der Waals surface area contributed by atoms with Crippen molar-refractivity contribution < 1.29 is 14.3 Å². The minimum absolute atomic E-state index is 0.140. The van der Waals surface area contributed by atoms with Crippen LogP contribution in [0.15, 0.2) is 24.3 Å². The Morgan fingerprint density at radius 2 is 2.10 bits per heavy atom.